The van der Waals surface area contributed by atoms with E-state index in [0.717, 1.165) is 16.6 Å². The average Bonchev–Trinajstić information content (AvgIpc) is 3.88. The van der Waals surface area contributed by atoms with Crippen LogP contribution < -0.4 is 15.7 Å². The van der Waals surface area contributed by atoms with Crippen molar-refractivity contribution in [2.75, 3.05) is 4.81 Å². The topological polar surface area (TPSA) is 21.3 Å². The summed E-state index contributed by atoms with van der Waals surface area (Å²) in [7, 11) is 0. The molecule has 7 aromatic carbocycles. The van der Waals surface area contributed by atoms with Gasteiger partial charge in [-0.05, 0) is 150 Å². The van der Waals surface area contributed by atoms with Gasteiger partial charge in [0.05, 0.1) is 11.0 Å². The van der Waals surface area contributed by atoms with Crippen LogP contribution in [0, 0.1) is 0 Å². The molecule has 4 aliphatic rings. The molecule has 9 aromatic rings. The second kappa shape index (κ2) is 12.3. The van der Waals surface area contributed by atoms with Gasteiger partial charge in [-0.1, -0.05) is 144 Å². The van der Waals surface area contributed by atoms with E-state index in [4.69, 9.17) is 4.42 Å². The van der Waals surface area contributed by atoms with Crippen LogP contribution >= 0.6 is 0 Å². The average molecular weight is 847 g/mol. The molecule has 2 aromatic heterocycles. The molecule has 0 unspecified atom stereocenters. The molecule has 0 bridgehead atoms. The lowest BCUT2D eigenvalue weighted by atomic mass is 9.43. The molecule has 0 spiro atoms. The maximum atomic E-state index is 6.85. The molecule has 0 saturated heterocycles. The summed E-state index contributed by atoms with van der Waals surface area (Å²) in [4.78, 5) is 2.69. The number of nitrogens with zero attached hydrogens (tertiary/aromatic N) is 2. The van der Waals surface area contributed by atoms with Crippen LogP contribution in [0.4, 0.5) is 11.4 Å². The minimum Gasteiger partial charge on any atom is -0.456 e. The van der Waals surface area contributed by atoms with E-state index >= 15 is 0 Å². The molecule has 0 N–H and O–H groups in total. The number of furan rings is 1. The molecule has 3 nitrogen and oxygen atoms in total. The first-order chi connectivity index (χ1) is 30.8. The van der Waals surface area contributed by atoms with Gasteiger partial charge in [-0.25, -0.2) is 0 Å². The Balaban J connectivity index is 1.29. The zero-order valence-electron chi connectivity index (χ0n) is 40.3. The zero-order valence-corrected chi connectivity index (χ0v) is 40.3. The monoisotopic (exact) mass is 846 g/mol. The fourth-order valence-corrected chi connectivity index (χ4v) is 13.0. The first-order valence-corrected chi connectivity index (χ1v) is 24.1. The second-order valence-electron chi connectivity index (χ2n) is 24.0. The number of para-hydroxylation sites is 1. The molecule has 4 heteroatoms. The lowest BCUT2D eigenvalue weighted by Crippen LogP contribution is -2.60. The van der Waals surface area contributed by atoms with Crippen molar-refractivity contribution in [3.8, 4) is 27.9 Å². The van der Waals surface area contributed by atoms with Gasteiger partial charge in [0.1, 0.15) is 11.2 Å². The molecule has 13 rings (SSSR count). The smallest absolute Gasteiger partial charge is 0.333 e. The second-order valence-corrected chi connectivity index (χ2v) is 24.0. The summed E-state index contributed by atoms with van der Waals surface area (Å²) < 4.78 is 9.58. The molecule has 4 heterocycles. The van der Waals surface area contributed by atoms with Crippen LogP contribution in [0.1, 0.15) is 129 Å². The summed E-state index contributed by atoms with van der Waals surface area (Å²) in [6.07, 6.45) is 2.34. The minimum absolute atomic E-state index is 0.0347. The summed E-state index contributed by atoms with van der Waals surface area (Å²) in [5.74, 6) is 0. The number of anilines is 2. The molecule has 322 valence electrons. The SMILES string of the molecule is CC(C)(C)c1ccc(N2B3c4cc5oc6ccccc6c5cc4-n4c5cc6c(cc5c5c7c(c(c3c54)-c3cc(C(C)(C)C)ccc32)-c2ccccc2C7(C)C)C(C)(C)CCC6(C)C)cc1. The Morgan fingerprint density at radius 1 is 0.554 bits per heavy atom. The Morgan fingerprint density at radius 3 is 1.94 bits per heavy atom. The molecule has 0 atom stereocenters. The van der Waals surface area contributed by atoms with Gasteiger partial charge in [0.2, 0.25) is 0 Å². The van der Waals surface area contributed by atoms with Gasteiger partial charge >= 0.3 is 6.85 Å². The molecule has 0 radical (unpaired) electrons. The van der Waals surface area contributed by atoms with E-state index in [1.165, 1.54) is 124 Å². The van der Waals surface area contributed by atoms with Crippen LogP contribution in [0.25, 0.3) is 71.7 Å². The number of benzene rings is 7. The number of hydrogen-bond donors (Lipinski definition) is 0. The minimum atomic E-state index is -0.243. The van der Waals surface area contributed by atoms with Crippen molar-refractivity contribution in [1.82, 2.24) is 4.57 Å². The Morgan fingerprint density at radius 2 is 1.22 bits per heavy atom. The van der Waals surface area contributed by atoms with Gasteiger partial charge in [0.15, 0.2) is 0 Å². The number of rotatable bonds is 1. The van der Waals surface area contributed by atoms with Crippen molar-refractivity contribution in [3.05, 3.63) is 149 Å². The van der Waals surface area contributed by atoms with Crippen LogP contribution in [0.5, 0.6) is 0 Å². The lowest BCUT2D eigenvalue weighted by Gasteiger charge is -2.43. The fourth-order valence-electron chi connectivity index (χ4n) is 13.0. The third kappa shape index (κ3) is 5.04. The van der Waals surface area contributed by atoms with Gasteiger partial charge < -0.3 is 13.8 Å². The molecular formula is C61H59BN2O. The molecule has 65 heavy (non-hydrogen) atoms. The molecule has 0 fully saturated rings. The van der Waals surface area contributed by atoms with E-state index in [1.54, 1.807) is 0 Å². The molecule has 0 saturated carbocycles. The third-order valence-electron chi connectivity index (χ3n) is 16.7. The van der Waals surface area contributed by atoms with Crippen molar-refractivity contribution < 1.29 is 4.42 Å². The lowest BCUT2D eigenvalue weighted by molar-refractivity contribution is 0.332. The van der Waals surface area contributed by atoms with E-state index in [9.17, 15) is 0 Å². The summed E-state index contributed by atoms with van der Waals surface area (Å²) in [6.45, 7) is 28.8. The highest BCUT2D eigenvalue weighted by molar-refractivity contribution is 6.94. The zero-order chi connectivity index (χ0) is 45.1. The quantitative estimate of drug-likeness (QED) is 0.154. The normalized spacial score (nSPS) is 17.4. The Kier molecular flexibility index (Phi) is 7.43. The number of aromatic nitrogens is 1. The van der Waals surface area contributed by atoms with Crippen molar-refractivity contribution in [2.45, 2.75) is 123 Å². The summed E-state index contributed by atoms with van der Waals surface area (Å²) >= 11 is 0. The summed E-state index contributed by atoms with van der Waals surface area (Å²) in [5, 5.41) is 5.12. The fraction of sp³-hybridized carbons (Fsp3) is 0.311. The van der Waals surface area contributed by atoms with Crippen molar-refractivity contribution in [3.63, 3.8) is 0 Å². The van der Waals surface area contributed by atoms with Gasteiger partial charge in [-0.3, -0.25) is 0 Å². The molecule has 2 aliphatic carbocycles. The highest BCUT2D eigenvalue weighted by Gasteiger charge is 2.51. The highest BCUT2D eigenvalue weighted by Crippen LogP contribution is 2.60. The number of hydrogen-bond acceptors (Lipinski definition) is 2. The largest absolute Gasteiger partial charge is 0.456 e. The van der Waals surface area contributed by atoms with Crippen LogP contribution in [0.3, 0.4) is 0 Å². The standard InChI is InChI=1S/C61H59BN2O/c1-57(2,3)34-21-24-36(25-22-34)64-46-26-23-35(58(4,5)6)29-40(46)52-51-38-18-13-15-19-42(38)61(11,12)54(51)53-41-30-43-44(60(9,10)28-27-59(43,7)8)32-47(41)63-48-31-39-37-17-14-16-20-49(37)65-50(39)33-45(48)62(64)55(52)56(53)63/h13-26,29-33H,27-28H2,1-12H3. The first kappa shape index (κ1) is 39.4. The maximum absolute atomic E-state index is 6.85. The van der Waals surface area contributed by atoms with E-state index < -0.39 is 0 Å². The summed E-state index contributed by atoms with van der Waals surface area (Å²) in [5.41, 5.74) is 24.8. The molecule has 2 aliphatic heterocycles. The first-order valence-electron chi connectivity index (χ1n) is 24.1. The molecular weight excluding hydrogens is 787 g/mol. The maximum Gasteiger partial charge on any atom is 0.333 e. The van der Waals surface area contributed by atoms with Gasteiger partial charge in [-0.15, -0.1) is 0 Å². The van der Waals surface area contributed by atoms with E-state index in [1.807, 2.05) is 0 Å². The van der Waals surface area contributed by atoms with Gasteiger partial charge in [0, 0.05) is 49.6 Å². The van der Waals surface area contributed by atoms with Crippen LogP contribution in [0.15, 0.2) is 120 Å². The Hall–Kier alpha value is -6.00. The van der Waals surface area contributed by atoms with Gasteiger partial charge in [-0.2, -0.15) is 0 Å². The summed E-state index contributed by atoms with van der Waals surface area (Å²) in [6, 6.07) is 45.0. The van der Waals surface area contributed by atoms with E-state index in [-0.39, 0.29) is 33.9 Å². The van der Waals surface area contributed by atoms with Crippen molar-refractivity contribution in [1.29, 1.82) is 0 Å². The van der Waals surface area contributed by atoms with E-state index in [2.05, 4.69) is 208 Å². The van der Waals surface area contributed by atoms with Crippen LogP contribution in [-0.2, 0) is 27.1 Å². The van der Waals surface area contributed by atoms with Crippen molar-refractivity contribution >= 4 is 72.9 Å². The van der Waals surface area contributed by atoms with Crippen molar-refractivity contribution in [2.24, 2.45) is 0 Å². The van der Waals surface area contributed by atoms with Crippen LogP contribution in [-0.4, -0.2) is 11.4 Å². The third-order valence-corrected chi connectivity index (χ3v) is 16.7. The van der Waals surface area contributed by atoms with E-state index in [0.29, 0.717) is 0 Å². The Labute approximate surface area is 384 Å². The Bertz CT molecular complexity index is 3600. The predicted octanol–water partition coefficient (Wildman–Crippen LogP) is 15.2. The van der Waals surface area contributed by atoms with Gasteiger partial charge in [0.25, 0.3) is 0 Å². The van der Waals surface area contributed by atoms with Crippen LogP contribution in [0.2, 0.25) is 0 Å². The molecule has 0 amide bonds. The highest BCUT2D eigenvalue weighted by atomic mass is 16.3. The predicted molar refractivity (Wildman–Crippen MR) is 277 cm³/mol. The number of fused-ring (bicyclic) bond motifs is 17.